The Morgan fingerprint density at radius 3 is 3.04 bits per heavy atom. The van der Waals surface area contributed by atoms with Gasteiger partial charge in [-0.3, -0.25) is 9.69 Å². The van der Waals surface area contributed by atoms with Gasteiger partial charge in [-0.15, -0.1) is 0 Å². The predicted molar refractivity (Wildman–Crippen MR) is 97.7 cm³/mol. The molecule has 0 radical (unpaired) electrons. The number of fused-ring (bicyclic) bond motifs is 1. The van der Waals surface area contributed by atoms with Gasteiger partial charge < -0.3 is 20.1 Å². The van der Waals surface area contributed by atoms with E-state index in [4.69, 9.17) is 4.74 Å². The molecular weight excluding hydrogens is 351 g/mol. The molecule has 1 aromatic heterocycles. The second kappa shape index (κ2) is 7.92. The minimum Gasteiger partial charge on any atom is -0.392 e. The van der Waals surface area contributed by atoms with Crippen LogP contribution in [0.4, 0.5) is 4.39 Å². The van der Waals surface area contributed by atoms with E-state index in [9.17, 15) is 14.3 Å². The van der Waals surface area contributed by atoms with Gasteiger partial charge in [0, 0.05) is 38.8 Å². The Bertz CT molecular complexity index is 805. The molecule has 0 aliphatic carbocycles. The number of aromatic amines is 1. The lowest BCUT2D eigenvalue weighted by Crippen LogP contribution is -2.49. The van der Waals surface area contributed by atoms with Crippen molar-refractivity contribution in [3.05, 3.63) is 29.8 Å². The molecule has 4 rings (SSSR count). The van der Waals surface area contributed by atoms with Gasteiger partial charge in [-0.2, -0.15) is 0 Å². The number of carbonyl (C=O) groups is 1. The summed E-state index contributed by atoms with van der Waals surface area (Å²) in [7, 11) is 0. The van der Waals surface area contributed by atoms with Gasteiger partial charge in [0.2, 0.25) is 5.91 Å². The van der Waals surface area contributed by atoms with Crippen LogP contribution in [0, 0.1) is 5.82 Å². The summed E-state index contributed by atoms with van der Waals surface area (Å²) in [5.41, 5.74) is 1.36. The summed E-state index contributed by atoms with van der Waals surface area (Å²) in [6.07, 6.45) is 2.33. The van der Waals surface area contributed by atoms with Crippen LogP contribution in [-0.2, 0) is 16.0 Å². The van der Waals surface area contributed by atoms with Crippen LogP contribution in [0.1, 0.15) is 25.1 Å². The number of benzene rings is 1. The largest absolute Gasteiger partial charge is 0.392 e. The molecule has 7 nitrogen and oxygen atoms in total. The first-order valence-corrected chi connectivity index (χ1v) is 9.53. The monoisotopic (exact) mass is 376 g/mol. The number of amides is 1. The molecule has 27 heavy (non-hydrogen) atoms. The molecular formula is C19H25FN4O3. The van der Waals surface area contributed by atoms with E-state index in [2.05, 4.69) is 20.2 Å². The number of aliphatic hydroxyl groups is 1. The molecule has 3 N–H and O–H groups in total. The van der Waals surface area contributed by atoms with Crippen LogP contribution < -0.4 is 5.32 Å². The molecule has 1 aromatic carbocycles. The number of carbonyl (C=O) groups excluding carboxylic acids is 1. The van der Waals surface area contributed by atoms with Crippen molar-refractivity contribution >= 4 is 16.9 Å². The third kappa shape index (κ3) is 4.12. The Hall–Kier alpha value is -2.03. The molecule has 146 valence electrons. The van der Waals surface area contributed by atoms with Gasteiger partial charge in [-0.1, -0.05) is 0 Å². The summed E-state index contributed by atoms with van der Waals surface area (Å²) in [6, 6.07) is 4.42. The number of aromatic nitrogens is 2. The Balaban J connectivity index is 1.33. The van der Waals surface area contributed by atoms with Crippen LogP contribution in [0.15, 0.2) is 18.2 Å². The van der Waals surface area contributed by atoms with E-state index in [0.29, 0.717) is 56.0 Å². The zero-order valence-corrected chi connectivity index (χ0v) is 15.2. The lowest BCUT2D eigenvalue weighted by atomic mass is 10.1. The van der Waals surface area contributed by atoms with Crippen molar-refractivity contribution < 1.29 is 19.0 Å². The standard InChI is InChI=1S/C19H25FN4O3/c20-12-1-2-15-16(9-12)23-18(22-15)3-6-21-19(26)17-10-14(25)11-24(17)13-4-7-27-8-5-13/h1-2,9,13-14,17,25H,3-8,10-11H2,(H,21,26)(H,22,23)/t14-,17+/m1/s1. The number of ether oxygens (including phenoxy) is 1. The first-order valence-electron chi connectivity index (χ1n) is 9.53. The Labute approximate surface area is 156 Å². The van der Waals surface area contributed by atoms with Gasteiger partial charge in [-0.05, 0) is 37.5 Å². The van der Waals surface area contributed by atoms with E-state index in [0.717, 1.165) is 12.8 Å². The topological polar surface area (TPSA) is 90.5 Å². The van der Waals surface area contributed by atoms with Crippen molar-refractivity contribution in [2.24, 2.45) is 0 Å². The number of β-amino-alcohol motifs (C(OH)–C–C–N with tert-alkyl or cyclic N) is 1. The molecule has 1 amide bonds. The smallest absolute Gasteiger partial charge is 0.237 e. The fourth-order valence-electron chi connectivity index (χ4n) is 4.09. The van der Waals surface area contributed by atoms with Crippen LogP contribution in [0.3, 0.4) is 0 Å². The van der Waals surface area contributed by atoms with Gasteiger partial charge in [0.05, 0.1) is 23.2 Å². The van der Waals surface area contributed by atoms with Crippen LogP contribution in [0.2, 0.25) is 0 Å². The van der Waals surface area contributed by atoms with Gasteiger partial charge in [0.1, 0.15) is 11.6 Å². The third-order valence-electron chi connectivity index (χ3n) is 5.43. The van der Waals surface area contributed by atoms with Crippen molar-refractivity contribution in [2.45, 2.75) is 43.9 Å². The van der Waals surface area contributed by atoms with Crippen LogP contribution in [-0.4, -0.2) is 70.4 Å². The maximum atomic E-state index is 13.3. The number of hydrogen-bond donors (Lipinski definition) is 3. The SMILES string of the molecule is O=C(NCCc1nc2ccc(F)cc2[nH]1)[C@@H]1C[C@@H](O)CN1C1CCOCC1. The highest BCUT2D eigenvalue weighted by Gasteiger charge is 2.39. The van der Waals surface area contributed by atoms with E-state index in [1.807, 2.05) is 0 Å². The number of aliphatic hydroxyl groups excluding tert-OH is 1. The molecule has 0 spiro atoms. The number of hydrogen-bond acceptors (Lipinski definition) is 5. The summed E-state index contributed by atoms with van der Waals surface area (Å²) >= 11 is 0. The van der Waals surface area contributed by atoms with Crippen molar-refractivity contribution in [1.82, 2.24) is 20.2 Å². The Kier molecular flexibility index (Phi) is 5.38. The van der Waals surface area contributed by atoms with Crippen LogP contribution >= 0.6 is 0 Å². The Morgan fingerprint density at radius 1 is 1.41 bits per heavy atom. The number of rotatable bonds is 5. The van der Waals surface area contributed by atoms with Gasteiger partial charge in [-0.25, -0.2) is 9.37 Å². The number of nitrogens with one attached hydrogen (secondary N) is 2. The molecule has 2 saturated heterocycles. The van der Waals surface area contributed by atoms with Crippen molar-refractivity contribution in [3.63, 3.8) is 0 Å². The van der Waals surface area contributed by atoms with Crippen LogP contribution in [0.5, 0.6) is 0 Å². The summed E-state index contributed by atoms with van der Waals surface area (Å²) in [5, 5.41) is 13.0. The predicted octanol–water partition coefficient (Wildman–Crippen LogP) is 0.975. The van der Waals surface area contributed by atoms with E-state index in [1.54, 1.807) is 6.07 Å². The maximum Gasteiger partial charge on any atom is 0.237 e. The summed E-state index contributed by atoms with van der Waals surface area (Å²) in [5.74, 6) is 0.350. The third-order valence-corrected chi connectivity index (χ3v) is 5.43. The van der Waals surface area contributed by atoms with Gasteiger partial charge in [0.25, 0.3) is 0 Å². The minimum atomic E-state index is -0.464. The van der Waals surface area contributed by atoms with Crippen molar-refractivity contribution in [2.75, 3.05) is 26.3 Å². The summed E-state index contributed by atoms with van der Waals surface area (Å²) in [4.78, 5) is 22.3. The highest BCUT2D eigenvalue weighted by atomic mass is 19.1. The molecule has 8 heteroatoms. The average molecular weight is 376 g/mol. The lowest BCUT2D eigenvalue weighted by molar-refractivity contribution is -0.126. The number of nitrogens with zero attached hydrogens (tertiary/aromatic N) is 2. The molecule has 2 aliphatic heterocycles. The quantitative estimate of drug-likeness (QED) is 0.724. The van der Waals surface area contributed by atoms with Gasteiger partial charge in [0.15, 0.2) is 0 Å². The average Bonchev–Trinajstić information content (AvgIpc) is 3.25. The lowest BCUT2D eigenvalue weighted by Gasteiger charge is -2.34. The molecule has 2 atom stereocenters. The van der Waals surface area contributed by atoms with E-state index < -0.39 is 6.10 Å². The van der Waals surface area contributed by atoms with E-state index in [1.165, 1.54) is 12.1 Å². The van der Waals surface area contributed by atoms with E-state index in [-0.39, 0.29) is 23.8 Å². The summed E-state index contributed by atoms with van der Waals surface area (Å²) in [6.45, 7) is 2.39. The zero-order valence-electron chi connectivity index (χ0n) is 15.2. The first kappa shape index (κ1) is 18.3. The molecule has 2 fully saturated rings. The zero-order chi connectivity index (χ0) is 18.8. The van der Waals surface area contributed by atoms with Crippen molar-refractivity contribution in [1.29, 1.82) is 0 Å². The molecule has 0 unspecified atom stereocenters. The molecule has 3 heterocycles. The second-order valence-corrected chi connectivity index (χ2v) is 7.33. The van der Waals surface area contributed by atoms with Crippen molar-refractivity contribution in [3.8, 4) is 0 Å². The highest BCUT2D eigenvalue weighted by molar-refractivity contribution is 5.82. The normalized spacial score (nSPS) is 24.5. The minimum absolute atomic E-state index is 0.0554. The number of likely N-dealkylation sites (tertiary alicyclic amines) is 1. The summed E-state index contributed by atoms with van der Waals surface area (Å²) < 4.78 is 18.7. The van der Waals surface area contributed by atoms with E-state index >= 15 is 0 Å². The molecule has 0 bridgehead atoms. The highest BCUT2D eigenvalue weighted by Crippen LogP contribution is 2.25. The maximum absolute atomic E-state index is 13.3. The van der Waals surface area contributed by atoms with Gasteiger partial charge >= 0.3 is 0 Å². The number of H-pyrrole nitrogens is 1. The second-order valence-electron chi connectivity index (χ2n) is 7.33. The fourth-order valence-corrected chi connectivity index (χ4v) is 4.09. The molecule has 0 saturated carbocycles. The molecule has 2 aliphatic rings. The Morgan fingerprint density at radius 2 is 2.22 bits per heavy atom. The number of halogens is 1. The number of imidazole rings is 1. The van der Waals surface area contributed by atoms with Crippen LogP contribution in [0.25, 0.3) is 11.0 Å². The first-order chi connectivity index (χ1) is 13.1. The fraction of sp³-hybridized carbons (Fsp3) is 0.579. The molecule has 2 aromatic rings.